The third-order valence-corrected chi connectivity index (χ3v) is 4.21. The lowest BCUT2D eigenvalue weighted by Gasteiger charge is -2.21. The first kappa shape index (κ1) is 10.3. The van der Waals surface area contributed by atoms with Gasteiger partial charge in [-0.1, -0.05) is 32.6 Å². The standard InChI is InChI=1S/C10H23NSi/c1-9(8-12(2,3)4)7-11-10-5-6-10/h9-11H,5-8H2,1-4H3. The lowest BCUT2D eigenvalue weighted by Crippen LogP contribution is -2.29. The smallest absolute Gasteiger partial charge is 0.0445 e. The van der Waals surface area contributed by atoms with E-state index in [2.05, 4.69) is 31.9 Å². The van der Waals surface area contributed by atoms with Gasteiger partial charge in [-0.3, -0.25) is 0 Å². The highest BCUT2D eigenvalue weighted by atomic mass is 28.3. The van der Waals surface area contributed by atoms with Crippen molar-refractivity contribution in [2.75, 3.05) is 6.54 Å². The van der Waals surface area contributed by atoms with Crippen LogP contribution in [0.3, 0.4) is 0 Å². The van der Waals surface area contributed by atoms with Crippen molar-refractivity contribution in [2.24, 2.45) is 5.92 Å². The van der Waals surface area contributed by atoms with E-state index in [1.54, 1.807) is 0 Å². The van der Waals surface area contributed by atoms with Crippen LogP contribution in [0.25, 0.3) is 0 Å². The number of rotatable bonds is 5. The molecule has 1 nitrogen and oxygen atoms in total. The number of nitrogens with one attached hydrogen (secondary N) is 1. The van der Waals surface area contributed by atoms with Gasteiger partial charge in [0.15, 0.2) is 0 Å². The van der Waals surface area contributed by atoms with Crippen LogP contribution in [-0.4, -0.2) is 20.7 Å². The fraction of sp³-hybridized carbons (Fsp3) is 1.00. The van der Waals surface area contributed by atoms with Crippen LogP contribution in [0.15, 0.2) is 0 Å². The highest BCUT2D eigenvalue weighted by Gasteiger charge is 2.22. The molecule has 1 aliphatic rings. The summed E-state index contributed by atoms with van der Waals surface area (Å²) in [6.45, 7) is 11.0. The molecule has 12 heavy (non-hydrogen) atoms. The summed E-state index contributed by atoms with van der Waals surface area (Å²) in [4.78, 5) is 0. The summed E-state index contributed by atoms with van der Waals surface area (Å²) in [5.41, 5.74) is 0. The summed E-state index contributed by atoms with van der Waals surface area (Å²) in [5, 5.41) is 3.60. The van der Waals surface area contributed by atoms with E-state index in [4.69, 9.17) is 0 Å². The van der Waals surface area contributed by atoms with Gasteiger partial charge in [-0.15, -0.1) is 0 Å². The van der Waals surface area contributed by atoms with Crippen LogP contribution >= 0.6 is 0 Å². The third-order valence-electron chi connectivity index (χ3n) is 2.29. The van der Waals surface area contributed by atoms with Gasteiger partial charge in [0.05, 0.1) is 0 Å². The molecule has 1 N–H and O–H groups in total. The molecule has 0 bridgehead atoms. The molecule has 72 valence electrons. The zero-order valence-electron chi connectivity index (χ0n) is 8.98. The Kier molecular flexibility index (Phi) is 3.35. The van der Waals surface area contributed by atoms with E-state index in [0.29, 0.717) is 0 Å². The minimum absolute atomic E-state index is 0.812. The Morgan fingerprint density at radius 3 is 2.33 bits per heavy atom. The van der Waals surface area contributed by atoms with E-state index in [1.807, 2.05) is 0 Å². The van der Waals surface area contributed by atoms with Gasteiger partial charge in [0.25, 0.3) is 0 Å². The first-order valence-electron chi connectivity index (χ1n) is 5.21. The van der Waals surface area contributed by atoms with Crippen molar-refractivity contribution >= 4 is 8.07 Å². The minimum atomic E-state index is -0.812. The molecule has 2 heteroatoms. The number of hydrogen-bond acceptors (Lipinski definition) is 1. The van der Waals surface area contributed by atoms with Crippen molar-refractivity contribution in [3.05, 3.63) is 0 Å². The second-order valence-corrected chi connectivity index (χ2v) is 11.1. The molecule has 1 unspecified atom stereocenters. The van der Waals surface area contributed by atoms with Crippen LogP contribution in [0, 0.1) is 5.92 Å². The van der Waals surface area contributed by atoms with Crippen molar-refractivity contribution < 1.29 is 0 Å². The topological polar surface area (TPSA) is 12.0 Å². The lowest BCUT2D eigenvalue weighted by molar-refractivity contribution is 0.544. The zero-order valence-corrected chi connectivity index (χ0v) is 9.98. The maximum absolute atomic E-state index is 3.60. The normalized spacial score (nSPS) is 21.0. The molecule has 0 aromatic rings. The SMILES string of the molecule is CC(CNC1CC1)C[Si](C)(C)C. The summed E-state index contributed by atoms with van der Waals surface area (Å²) >= 11 is 0. The molecule has 1 atom stereocenters. The summed E-state index contributed by atoms with van der Waals surface area (Å²) in [6, 6.07) is 2.35. The third kappa shape index (κ3) is 4.94. The second-order valence-electron chi connectivity index (χ2n) is 5.55. The molecule has 1 rings (SSSR count). The Labute approximate surface area is 77.9 Å². The molecule has 1 saturated carbocycles. The summed E-state index contributed by atoms with van der Waals surface area (Å²) in [5.74, 6) is 0.886. The van der Waals surface area contributed by atoms with Gasteiger partial charge in [-0.25, -0.2) is 0 Å². The Morgan fingerprint density at radius 1 is 1.33 bits per heavy atom. The Bertz CT molecular complexity index is 135. The first-order valence-corrected chi connectivity index (χ1v) is 8.91. The van der Waals surface area contributed by atoms with E-state index in [9.17, 15) is 0 Å². The molecule has 0 aromatic heterocycles. The van der Waals surface area contributed by atoms with Crippen LogP contribution in [0.4, 0.5) is 0 Å². The highest BCUT2D eigenvalue weighted by molar-refractivity contribution is 6.76. The van der Waals surface area contributed by atoms with Crippen molar-refractivity contribution in [3.8, 4) is 0 Å². The van der Waals surface area contributed by atoms with Gasteiger partial charge < -0.3 is 5.32 Å². The fourth-order valence-corrected chi connectivity index (χ4v) is 4.01. The molecular weight excluding hydrogens is 162 g/mol. The van der Waals surface area contributed by atoms with Crippen LogP contribution in [0.5, 0.6) is 0 Å². The Hall–Kier alpha value is 0.177. The molecule has 0 spiro atoms. The van der Waals surface area contributed by atoms with Crippen LogP contribution in [0.1, 0.15) is 19.8 Å². The van der Waals surface area contributed by atoms with E-state index in [0.717, 1.165) is 12.0 Å². The molecule has 0 aromatic carbocycles. The van der Waals surface area contributed by atoms with E-state index < -0.39 is 8.07 Å². The zero-order chi connectivity index (χ0) is 9.19. The molecule has 0 amide bonds. The second kappa shape index (κ2) is 3.92. The largest absolute Gasteiger partial charge is 0.314 e. The van der Waals surface area contributed by atoms with Crippen LogP contribution in [-0.2, 0) is 0 Å². The minimum Gasteiger partial charge on any atom is -0.314 e. The van der Waals surface area contributed by atoms with Crippen molar-refractivity contribution in [3.63, 3.8) is 0 Å². The molecule has 0 radical (unpaired) electrons. The van der Waals surface area contributed by atoms with Gasteiger partial charge in [0, 0.05) is 14.1 Å². The molecule has 0 aliphatic heterocycles. The van der Waals surface area contributed by atoms with Crippen LogP contribution < -0.4 is 5.32 Å². The Balaban J connectivity index is 2.05. The quantitative estimate of drug-likeness (QED) is 0.649. The molecule has 1 fully saturated rings. The van der Waals surface area contributed by atoms with Gasteiger partial charge in [0.1, 0.15) is 0 Å². The monoisotopic (exact) mass is 185 g/mol. The molecular formula is C10H23NSi. The van der Waals surface area contributed by atoms with E-state index in [1.165, 1.54) is 25.4 Å². The van der Waals surface area contributed by atoms with Gasteiger partial charge >= 0.3 is 0 Å². The average molecular weight is 185 g/mol. The molecule has 0 heterocycles. The maximum atomic E-state index is 3.60. The predicted octanol–water partition coefficient (Wildman–Crippen LogP) is 2.71. The fourth-order valence-electron chi connectivity index (χ4n) is 1.77. The van der Waals surface area contributed by atoms with Gasteiger partial charge in [0.2, 0.25) is 0 Å². The van der Waals surface area contributed by atoms with E-state index in [-0.39, 0.29) is 0 Å². The van der Waals surface area contributed by atoms with Crippen molar-refractivity contribution in [1.29, 1.82) is 0 Å². The maximum Gasteiger partial charge on any atom is 0.0445 e. The predicted molar refractivity (Wildman–Crippen MR) is 58.3 cm³/mol. The molecule has 0 saturated heterocycles. The number of hydrogen-bond donors (Lipinski definition) is 1. The summed E-state index contributed by atoms with van der Waals surface area (Å²) in [7, 11) is -0.812. The Morgan fingerprint density at radius 2 is 1.92 bits per heavy atom. The highest BCUT2D eigenvalue weighted by Crippen LogP contribution is 2.20. The van der Waals surface area contributed by atoms with Gasteiger partial charge in [-0.05, 0) is 25.3 Å². The average Bonchev–Trinajstić information content (AvgIpc) is 2.61. The summed E-state index contributed by atoms with van der Waals surface area (Å²) in [6.07, 6.45) is 2.83. The van der Waals surface area contributed by atoms with Crippen molar-refractivity contribution in [1.82, 2.24) is 5.32 Å². The van der Waals surface area contributed by atoms with Crippen molar-refractivity contribution in [2.45, 2.75) is 51.5 Å². The van der Waals surface area contributed by atoms with Gasteiger partial charge in [-0.2, -0.15) is 0 Å². The summed E-state index contributed by atoms with van der Waals surface area (Å²) < 4.78 is 0. The lowest BCUT2D eigenvalue weighted by atomic mass is 10.2. The first-order chi connectivity index (χ1) is 5.47. The van der Waals surface area contributed by atoms with Crippen LogP contribution in [0.2, 0.25) is 25.7 Å². The molecule has 1 aliphatic carbocycles. The van der Waals surface area contributed by atoms with E-state index >= 15 is 0 Å².